The maximum absolute atomic E-state index is 14.2. The second-order valence-electron chi connectivity index (χ2n) is 14.9. The summed E-state index contributed by atoms with van der Waals surface area (Å²) in [6.07, 6.45) is 2.34. The van der Waals surface area contributed by atoms with Crippen molar-refractivity contribution < 1.29 is 38.1 Å². The van der Waals surface area contributed by atoms with Crippen LogP contribution >= 0.6 is 0 Å². The van der Waals surface area contributed by atoms with Gasteiger partial charge in [-0.15, -0.1) is 0 Å². The van der Waals surface area contributed by atoms with E-state index in [4.69, 9.17) is 18.9 Å². The fraction of sp³-hybridized carbons (Fsp3) is 0.590. The topological polar surface area (TPSA) is 127 Å². The molecule has 0 radical (unpaired) electrons. The van der Waals surface area contributed by atoms with Crippen molar-refractivity contribution in [3.63, 3.8) is 0 Å². The number of nitrogens with one attached hydrogen (secondary N) is 1. The number of nitrogens with zero attached hydrogens (tertiary/aromatic N) is 3. The van der Waals surface area contributed by atoms with Gasteiger partial charge in [0.25, 0.3) is 5.91 Å². The molecule has 2 fully saturated rings. The third-order valence-electron chi connectivity index (χ3n) is 9.05. The van der Waals surface area contributed by atoms with Crippen molar-refractivity contribution in [2.45, 2.75) is 84.9 Å². The number of rotatable bonds is 16. The number of hydrogen-bond acceptors (Lipinski definition) is 8. The first-order valence-electron chi connectivity index (χ1n) is 17.9. The highest BCUT2D eigenvalue weighted by atomic mass is 16.6. The molecule has 2 aromatic carbocycles. The first kappa shape index (κ1) is 39.5. The second kappa shape index (κ2) is 17.7. The van der Waals surface area contributed by atoms with Crippen LogP contribution in [0.25, 0.3) is 0 Å². The molecule has 0 spiro atoms. The van der Waals surface area contributed by atoms with Crippen molar-refractivity contribution >= 4 is 29.5 Å². The molecule has 2 aromatic rings. The summed E-state index contributed by atoms with van der Waals surface area (Å²) in [6.45, 7) is 13.6. The molecular formula is C39H56N4O8. The summed E-state index contributed by atoms with van der Waals surface area (Å²) in [5.41, 5.74) is 1.27. The van der Waals surface area contributed by atoms with Crippen LogP contribution in [0.1, 0.15) is 76.7 Å². The molecule has 2 atom stereocenters. The molecule has 1 aliphatic heterocycles. The first-order valence-corrected chi connectivity index (χ1v) is 17.9. The van der Waals surface area contributed by atoms with Gasteiger partial charge in [0.05, 0.1) is 20.1 Å². The van der Waals surface area contributed by atoms with E-state index in [2.05, 4.69) is 5.32 Å². The molecule has 2 aliphatic rings. The molecule has 51 heavy (non-hydrogen) atoms. The van der Waals surface area contributed by atoms with Crippen LogP contribution in [0, 0.1) is 11.8 Å². The number of ether oxygens (including phenoxy) is 4. The molecule has 4 rings (SSSR count). The Morgan fingerprint density at radius 3 is 2.25 bits per heavy atom. The molecular weight excluding hydrogens is 652 g/mol. The van der Waals surface area contributed by atoms with Crippen molar-refractivity contribution in [3.8, 4) is 11.5 Å². The van der Waals surface area contributed by atoms with Crippen LogP contribution in [0.2, 0.25) is 0 Å². The average molecular weight is 709 g/mol. The third-order valence-corrected chi connectivity index (χ3v) is 9.05. The molecule has 12 heteroatoms. The lowest BCUT2D eigenvalue weighted by Crippen LogP contribution is -2.45. The number of amides is 4. The second-order valence-corrected chi connectivity index (χ2v) is 14.9. The van der Waals surface area contributed by atoms with Gasteiger partial charge in [-0.05, 0) is 83.4 Å². The highest BCUT2D eigenvalue weighted by Crippen LogP contribution is 2.34. The van der Waals surface area contributed by atoms with E-state index in [1.807, 2.05) is 62.6 Å². The van der Waals surface area contributed by atoms with Crippen LogP contribution in [0.4, 0.5) is 10.5 Å². The molecule has 1 heterocycles. The van der Waals surface area contributed by atoms with Crippen molar-refractivity contribution in [3.05, 3.63) is 53.6 Å². The molecule has 280 valence electrons. The van der Waals surface area contributed by atoms with Gasteiger partial charge in [-0.2, -0.15) is 0 Å². The largest absolute Gasteiger partial charge is 0.493 e. The van der Waals surface area contributed by atoms with Crippen LogP contribution in [0.3, 0.4) is 0 Å². The van der Waals surface area contributed by atoms with E-state index < -0.39 is 11.7 Å². The predicted molar refractivity (Wildman–Crippen MR) is 195 cm³/mol. The maximum Gasteiger partial charge on any atom is 0.410 e. The number of likely N-dealkylation sites (tertiary alicyclic amines) is 1. The van der Waals surface area contributed by atoms with E-state index >= 15 is 0 Å². The van der Waals surface area contributed by atoms with Crippen molar-refractivity contribution in [2.24, 2.45) is 11.8 Å². The smallest absolute Gasteiger partial charge is 0.410 e. The fourth-order valence-corrected chi connectivity index (χ4v) is 6.41. The highest BCUT2D eigenvalue weighted by Gasteiger charge is 2.43. The maximum atomic E-state index is 14.2. The summed E-state index contributed by atoms with van der Waals surface area (Å²) in [5, 5.41) is 2.79. The van der Waals surface area contributed by atoms with Crippen molar-refractivity contribution in [2.75, 3.05) is 58.9 Å². The normalized spacial score (nSPS) is 17.2. The van der Waals surface area contributed by atoms with Gasteiger partial charge in [-0.1, -0.05) is 12.1 Å². The summed E-state index contributed by atoms with van der Waals surface area (Å²) in [6, 6.07) is 12.5. The lowest BCUT2D eigenvalue weighted by atomic mass is 9.93. The summed E-state index contributed by atoms with van der Waals surface area (Å²) in [5.74, 6) is 0.502. The Hall–Kier alpha value is -4.32. The van der Waals surface area contributed by atoms with Crippen molar-refractivity contribution in [1.82, 2.24) is 14.7 Å². The molecule has 1 aliphatic carbocycles. The monoisotopic (exact) mass is 708 g/mol. The zero-order valence-corrected chi connectivity index (χ0v) is 31.5. The number of hydrogen-bond donors (Lipinski definition) is 1. The number of carbonyl (C=O) groups is 4. The lowest BCUT2D eigenvalue weighted by Gasteiger charge is -2.33. The summed E-state index contributed by atoms with van der Waals surface area (Å²) < 4.78 is 22.4. The molecule has 1 saturated carbocycles. The van der Waals surface area contributed by atoms with Gasteiger partial charge in [-0.3, -0.25) is 14.4 Å². The highest BCUT2D eigenvalue weighted by molar-refractivity contribution is 5.95. The van der Waals surface area contributed by atoms with E-state index in [1.54, 1.807) is 43.4 Å². The van der Waals surface area contributed by atoms with E-state index in [1.165, 1.54) is 6.92 Å². The standard InChI is InChI=1S/C39H56N4O8/c1-26(2)42(37(46)29-13-16-34(49-8)35(21-29)50-18-10-17-48-7)24-30-22-41(38(47)51-39(4,5)6)23-31(30)25-43(33-14-15-33)36(45)20-28-11-9-12-32(19-28)40-27(3)44/h9,11-13,16,19,21,26,30-31,33H,10,14-15,17-18,20,22-25H2,1-8H3,(H,40,44). The van der Waals surface area contributed by atoms with Crippen LogP contribution in [0.15, 0.2) is 42.5 Å². The van der Waals surface area contributed by atoms with Gasteiger partial charge in [-0.25, -0.2) is 4.79 Å². The van der Waals surface area contributed by atoms with Crippen LogP contribution < -0.4 is 14.8 Å². The Morgan fingerprint density at radius 1 is 0.941 bits per heavy atom. The van der Waals surface area contributed by atoms with E-state index in [0.717, 1.165) is 18.4 Å². The van der Waals surface area contributed by atoms with Gasteiger partial charge >= 0.3 is 6.09 Å². The van der Waals surface area contributed by atoms with Crippen LogP contribution in [-0.2, 0) is 25.5 Å². The zero-order chi connectivity index (χ0) is 37.3. The third kappa shape index (κ3) is 11.6. The number of methoxy groups -OCH3 is 2. The van der Waals surface area contributed by atoms with Gasteiger partial charge < -0.3 is 39.0 Å². The van der Waals surface area contributed by atoms with Gasteiger partial charge in [0.15, 0.2) is 11.5 Å². The minimum atomic E-state index is -0.663. The quantitative estimate of drug-likeness (QED) is 0.222. The molecule has 1 saturated heterocycles. The first-order chi connectivity index (χ1) is 24.2. The lowest BCUT2D eigenvalue weighted by molar-refractivity contribution is -0.131. The molecule has 1 N–H and O–H groups in total. The van der Waals surface area contributed by atoms with Gasteiger partial charge in [0.2, 0.25) is 11.8 Å². The Kier molecular flexibility index (Phi) is 13.7. The summed E-state index contributed by atoms with van der Waals surface area (Å²) in [4.78, 5) is 58.5. The summed E-state index contributed by atoms with van der Waals surface area (Å²) >= 11 is 0. The van der Waals surface area contributed by atoms with E-state index in [9.17, 15) is 19.2 Å². The number of benzene rings is 2. The van der Waals surface area contributed by atoms with Crippen molar-refractivity contribution in [1.29, 1.82) is 0 Å². The average Bonchev–Trinajstić information content (AvgIpc) is 3.82. The predicted octanol–water partition coefficient (Wildman–Crippen LogP) is 5.64. The fourth-order valence-electron chi connectivity index (χ4n) is 6.41. The summed E-state index contributed by atoms with van der Waals surface area (Å²) in [7, 11) is 3.20. The Morgan fingerprint density at radius 2 is 1.65 bits per heavy atom. The Balaban J connectivity index is 1.56. The van der Waals surface area contributed by atoms with Gasteiger partial charge in [0.1, 0.15) is 5.60 Å². The molecule has 0 bridgehead atoms. The van der Waals surface area contributed by atoms with Gasteiger partial charge in [0, 0.05) is 88.4 Å². The molecule has 12 nitrogen and oxygen atoms in total. The van der Waals surface area contributed by atoms with E-state index in [-0.39, 0.29) is 48.1 Å². The van der Waals surface area contributed by atoms with E-state index in [0.29, 0.717) is 68.6 Å². The Bertz CT molecular complexity index is 1520. The molecule has 0 aromatic heterocycles. The molecule has 2 unspecified atom stereocenters. The SMILES string of the molecule is COCCCOc1cc(C(=O)N(CC2CN(C(=O)OC(C)(C)C)CC2CN(C(=O)Cc2cccc(NC(C)=O)c2)C2CC2)C(C)C)ccc1OC. The van der Waals surface area contributed by atoms with Crippen LogP contribution in [-0.4, -0.2) is 110 Å². The molecule has 4 amide bonds. The number of anilines is 1. The Labute approximate surface area is 302 Å². The number of carbonyl (C=O) groups excluding carboxylic acids is 4. The minimum absolute atomic E-state index is 0.00000314. The minimum Gasteiger partial charge on any atom is -0.493 e. The zero-order valence-electron chi connectivity index (χ0n) is 31.5. The van der Waals surface area contributed by atoms with Crippen LogP contribution in [0.5, 0.6) is 11.5 Å².